The van der Waals surface area contributed by atoms with E-state index in [-0.39, 0.29) is 5.41 Å². The van der Waals surface area contributed by atoms with Gasteiger partial charge in [0.15, 0.2) is 0 Å². The molecule has 0 radical (unpaired) electrons. The van der Waals surface area contributed by atoms with Crippen molar-refractivity contribution in [1.29, 1.82) is 0 Å². The van der Waals surface area contributed by atoms with E-state index in [1.807, 2.05) is 19.4 Å². The third kappa shape index (κ3) is 3.23. The van der Waals surface area contributed by atoms with Crippen molar-refractivity contribution >= 4 is 5.95 Å². The second-order valence-corrected chi connectivity index (χ2v) is 5.13. The van der Waals surface area contributed by atoms with E-state index < -0.39 is 0 Å². The first-order valence-electron chi connectivity index (χ1n) is 5.92. The quantitative estimate of drug-likeness (QED) is 0.798. The maximum absolute atomic E-state index is 5.79. The fourth-order valence-corrected chi connectivity index (χ4v) is 1.76. The Balaban J connectivity index is 2.80. The van der Waals surface area contributed by atoms with Gasteiger partial charge in [0.2, 0.25) is 5.95 Å². The van der Waals surface area contributed by atoms with Crippen LogP contribution in [-0.4, -0.2) is 29.2 Å². The van der Waals surface area contributed by atoms with Crippen molar-refractivity contribution in [2.75, 3.05) is 24.5 Å². The molecule has 4 heteroatoms. The van der Waals surface area contributed by atoms with E-state index in [1.54, 1.807) is 0 Å². The summed E-state index contributed by atoms with van der Waals surface area (Å²) < 4.78 is 2.06. The first-order chi connectivity index (χ1) is 7.50. The third-order valence-corrected chi connectivity index (χ3v) is 2.74. The Morgan fingerprint density at radius 1 is 1.50 bits per heavy atom. The molecule has 0 aromatic carbocycles. The van der Waals surface area contributed by atoms with Crippen LogP contribution in [0.4, 0.5) is 5.95 Å². The zero-order valence-electron chi connectivity index (χ0n) is 10.9. The van der Waals surface area contributed by atoms with E-state index in [0.29, 0.717) is 6.54 Å². The SMILES string of the molecule is CCCN(CC(C)(C)CN)c1nccn1C. The topological polar surface area (TPSA) is 47.1 Å². The molecular weight excluding hydrogens is 200 g/mol. The standard InChI is InChI=1S/C12H24N4/c1-5-7-16(10-12(2,3)9-13)11-14-6-8-15(11)4/h6,8H,5,7,9-10,13H2,1-4H3. The molecule has 0 bridgehead atoms. The summed E-state index contributed by atoms with van der Waals surface area (Å²) in [7, 11) is 2.03. The lowest BCUT2D eigenvalue weighted by Gasteiger charge is -2.32. The zero-order valence-corrected chi connectivity index (χ0v) is 10.9. The van der Waals surface area contributed by atoms with Gasteiger partial charge in [0.1, 0.15) is 0 Å². The first-order valence-corrected chi connectivity index (χ1v) is 5.92. The summed E-state index contributed by atoms with van der Waals surface area (Å²) in [6.07, 6.45) is 4.94. The minimum absolute atomic E-state index is 0.126. The number of aryl methyl sites for hydroxylation is 1. The van der Waals surface area contributed by atoms with Crippen LogP contribution in [0.2, 0.25) is 0 Å². The molecule has 1 aromatic rings. The highest BCUT2D eigenvalue weighted by molar-refractivity contribution is 5.31. The summed E-state index contributed by atoms with van der Waals surface area (Å²) in [6, 6.07) is 0. The normalized spacial score (nSPS) is 11.8. The minimum atomic E-state index is 0.126. The van der Waals surface area contributed by atoms with Crippen LogP contribution in [0.25, 0.3) is 0 Å². The van der Waals surface area contributed by atoms with E-state index in [1.165, 1.54) is 0 Å². The molecular formula is C12H24N4. The van der Waals surface area contributed by atoms with Gasteiger partial charge in [-0.25, -0.2) is 4.98 Å². The highest BCUT2D eigenvalue weighted by atomic mass is 15.3. The van der Waals surface area contributed by atoms with E-state index in [2.05, 4.69) is 35.2 Å². The van der Waals surface area contributed by atoms with Gasteiger partial charge < -0.3 is 15.2 Å². The van der Waals surface area contributed by atoms with Crippen molar-refractivity contribution in [3.63, 3.8) is 0 Å². The number of aromatic nitrogens is 2. The molecule has 4 nitrogen and oxygen atoms in total. The average Bonchev–Trinajstić information content (AvgIpc) is 2.64. The number of imidazole rings is 1. The van der Waals surface area contributed by atoms with Crippen molar-refractivity contribution in [1.82, 2.24) is 9.55 Å². The molecule has 1 aromatic heterocycles. The number of hydrogen-bond donors (Lipinski definition) is 1. The molecule has 92 valence electrons. The molecule has 0 spiro atoms. The molecule has 0 aliphatic heterocycles. The molecule has 0 aliphatic rings. The first kappa shape index (κ1) is 13.0. The molecule has 0 saturated carbocycles. The van der Waals surface area contributed by atoms with Gasteiger partial charge in [-0.2, -0.15) is 0 Å². The number of nitrogens with zero attached hydrogens (tertiary/aromatic N) is 3. The van der Waals surface area contributed by atoms with Crippen molar-refractivity contribution in [2.45, 2.75) is 27.2 Å². The Labute approximate surface area is 98.5 Å². The Morgan fingerprint density at radius 2 is 2.19 bits per heavy atom. The lowest BCUT2D eigenvalue weighted by molar-refractivity contribution is 0.374. The fraction of sp³-hybridized carbons (Fsp3) is 0.750. The van der Waals surface area contributed by atoms with Crippen LogP contribution in [0.1, 0.15) is 27.2 Å². The summed E-state index contributed by atoms with van der Waals surface area (Å²) in [5.41, 5.74) is 5.91. The van der Waals surface area contributed by atoms with Crippen LogP contribution >= 0.6 is 0 Å². The minimum Gasteiger partial charge on any atom is -0.342 e. The van der Waals surface area contributed by atoms with Gasteiger partial charge in [-0.05, 0) is 18.4 Å². The smallest absolute Gasteiger partial charge is 0.205 e. The van der Waals surface area contributed by atoms with Crippen molar-refractivity contribution in [2.24, 2.45) is 18.2 Å². The van der Waals surface area contributed by atoms with Crippen LogP contribution in [0.5, 0.6) is 0 Å². The molecule has 0 saturated heterocycles. The molecule has 1 rings (SSSR count). The van der Waals surface area contributed by atoms with Crippen molar-refractivity contribution in [3.05, 3.63) is 12.4 Å². The molecule has 0 aliphatic carbocycles. The van der Waals surface area contributed by atoms with Gasteiger partial charge in [-0.3, -0.25) is 0 Å². The summed E-state index contributed by atoms with van der Waals surface area (Å²) in [4.78, 5) is 6.71. The van der Waals surface area contributed by atoms with Gasteiger partial charge in [0.25, 0.3) is 0 Å². The second-order valence-electron chi connectivity index (χ2n) is 5.13. The van der Waals surface area contributed by atoms with Crippen LogP contribution in [0.3, 0.4) is 0 Å². The van der Waals surface area contributed by atoms with Gasteiger partial charge in [0, 0.05) is 32.5 Å². The Kier molecular flexibility index (Phi) is 4.35. The zero-order chi connectivity index (χ0) is 12.2. The van der Waals surface area contributed by atoms with Gasteiger partial charge in [0.05, 0.1) is 0 Å². The molecule has 0 amide bonds. The Morgan fingerprint density at radius 3 is 2.62 bits per heavy atom. The lowest BCUT2D eigenvalue weighted by Crippen LogP contribution is -2.40. The maximum Gasteiger partial charge on any atom is 0.205 e. The number of rotatable bonds is 6. The van der Waals surface area contributed by atoms with Gasteiger partial charge in [-0.1, -0.05) is 20.8 Å². The van der Waals surface area contributed by atoms with E-state index in [0.717, 1.165) is 25.5 Å². The number of hydrogen-bond acceptors (Lipinski definition) is 3. The van der Waals surface area contributed by atoms with Crippen molar-refractivity contribution in [3.8, 4) is 0 Å². The Bertz CT molecular complexity index is 317. The van der Waals surface area contributed by atoms with Crippen molar-refractivity contribution < 1.29 is 0 Å². The molecule has 0 atom stereocenters. The van der Waals surface area contributed by atoms with Crippen LogP contribution < -0.4 is 10.6 Å². The molecule has 0 fully saturated rings. The maximum atomic E-state index is 5.79. The molecule has 1 heterocycles. The highest BCUT2D eigenvalue weighted by Gasteiger charge is 2.21. The largest absolute Gasteiger partial charge is 0.342 e. The summed E-state index contributed by atoms with van der Waals surface area (Å²) in [5, 5.41) is 0. The monoisotopic (exact) mass is 224 g/mol. The van der Waals surface area contributed by atoms with Crippen LogP contribution in [-0.2, 0) is 7.05 Å². The Hall–Kier alpha value is -1.03. The molecule has 16 heavy (non-hydrogen) atoms. The molecule has 2 N–H and O–H groups in total. The van der Waals surface area contributed by atoms with E-state index >= 15 is 0 Å². The lowest BCUT2D eigenvalue weighted by atomic mass is 9.93. The van der Waals surface area contributed by atoms with Gasteiger partial charge >= 0.3 is 0 Å². The predicted molar refractivity (Wildman–Crippen MR) is 68.5 cm³/mol. The highest BCUT2D eigenvalue weighted by Crippen LogP contribution is 2.19. The summed E-state index contributed by atoms with van der Waals surface area (Å²) in [6.45, 7) is 9.23. The third-order valence-electron chi connectivity index (χ3n) is 2.74. The summed E-state index contributed by atoms with van der Waals surface area (Å²) >= 11 is 0. The fourth-order valence-electron chi connectivity index (χ4n) is 1.76. The molecule has 0 unspecified atom stereocenters. The number of anilines is 1. The predicted octanol–water partition coefficient (Wildman–Crippen LogP) is 1.62. The average molecular weight is 224 g/mol. The van der Waals surface area contributed by atoms with E-state index in [4.69, 9.17) is 5.73 Å². The van der Waals surface area contributed by atoms with Crippen LogP contribution in [0.15, 0.2) is 12.4 Å². The summed E-state index contributed by atoms with van der Waals surface area (Å²) in [5.74, 6) is 1.03. The van der Waals surface area contributed by atoms with Crippen LogP contribution in [0, 0.1) is 5.41 Å². The van der Waals surface area contributed by atoms with E-state index in [9.17, 15) is 0 Å². The van der Waals surface area contributed by atoms with Gasteiger partial charge in [-0.15, -0.1) is 0 Å². The number of nitrogens with two attached hydrogens (primary N) is 1. The second kappa shape index (κ2) is 5.34.